The Bertz CT molecular complexity index is 290. The maximum absolute atomic E-state index is 12.0. The van der Waals surface area contributed by atoms with Crippen LogP contribution in [0.4, 0.5) is 4.79 Å². The van der Waals surface area contributed by atoms with Gasteiger partial charge in [0.25, 0.3) is 0 Å². The zero-order valence-corrected chi connectivity index (χ0v) is 10.9. The smallest absolute Gasteiger partial charge is 0.410 e. The van der Waals surface area contributed by atoms with Crippen LogP contribution in [-0.4, -0.2) is 46.7 Å². The molecule has 0 aromatic heterocycles. The number of fused-ring (bicyclic) bond motifs is 1. The van der Waals surface area contributed by atoms with Crippen molar-refractivity contribution in [3.05, 3.63) is 0 Å². The first kappa shape index (κ1) is 12.0. The van der Waals surface area contributed by atoms with Crippen molar-refractivity contribution in [2.45, 2.75) is 38.5 Å². The van der Waals surface area contributed by atoms with Crippen molar-refractivity contribution in [2.75, 3.05) is 18.1 Å². The van der Waals surface area contributed by atoms with Crippen molar-refractivity contribution in [2.24, 2.45) is 11.7 Å². The van der Waals surface area contributed by atoms with Gasteiger partial charge in [0.2, 0.25) is 0 Å². The quantitative estimate of drug-likeness (QED) is 0.698. The number of likely N-dealkylation sites (tertiary alicyclic amines) is 1. The highest BCUT2D eigenvalue weighted by Crippen LogP contribution is 2.36. The van der Waals surface area contributed by atoms with Crippen molar-refractivity contribution in [1.29, 1.82) is 0 Å². The topological polar surface area (TPSA) is 55.6 Å². The second-order valence-corrected chi connectivity index (χ2v) is 6.64. The number of hydrogen-bond donors (Lipinski definition) is 1. The Labute approximate surface area is 101 Å². The summed E-state index contributed by atoms with van der Waals surface area (Å²) in [6, 6.07) is 0.405. The molecular weight excluding hydrogens is 224 g/mol. The molecular formula is C11H20N2O2S. The van der Waals surface area contributed by atoms with Crippen LogP contribution < -0.4 is 5.73 Å². The van der Waals surface area contributed by atoms with E-state index >= 15 is 0 Å². The minimum Gasteiger partial charge on any atom is -0.444 e. The van der Waals surface area contributed by atoms with Crippen molar-refractivity contribution < 1.29 is 9.53 Å². The van der Waals surface area contributed by atoms with Crippen molar-refractivity contribution in [3.63, 3.8) is 0 Å². The van der Waals surface area contributed by atoms with Gasteiger partial charge in [-0.1, -0.05) is 0 Å². The monoisotopic (exact) mass is 244 g/mol. The van der Waals surface area contributed by atoms with Gasteiger partial charge in [-0.3, -0.25) is 0 Å². The number of nitrogens with two attached hydrogens (primary N) is 1. The van der Waals surface area contributed by atoms with Gasteiger partial charge in [-0.25, -0.2) is 4.79 Å². The predicted octanol–water partition coefficient (Wildman–Crippen LogP) is 1.30. The van der Waals surface area contributed by atoms with E-state index in [1.54, 1.807) is 0 Å². The second-order valence-electron chi connectivity index (χ2n) is 5.57. The molecule has 0 aliphatic carbocycles. The Kier molecular flexibility index (Phi) is 3.09. The summed E-state index contributed by atoms with van der Waals surface area (Å²) in [5.41, 5.74) is 5.62. The lowest BCUT2D eigenvalue weighted by Crippen LogP contribution is -2.41. The average Bonchev–Trinajstić information content (AvgIpc) is 2.66. The van der Waals surface area contributed by atoms with Gasteiger partial charge in [0, 0.05) is 30.3 Å². The summed E-state index contributed by atoms with van der Waals surface area (Å²) in [6.45, 7) is 6.32. The minimum absolute atomic E-state index is 0.118. The number of ether oxygens (including phenoxy) is 1. The molecule has 3 atom stereocenters. The van der Waals surface area contributed by atoms with E-state index in [1.165, 1.54) is 0 Å². The molecule has 2 fully saturated rings. The Morgan fingerprint density at radius 1 is 1.44 bits per heavy atom. The van der Waals surface area contributed by atoms with Gasteiger partial charge in [-0.15, -0.1) is 0 Å². The molecule has 2 aliphatic heterocycles. The van der Waals surface area contributed by atoms with Crippen LogP contribution in [0.2, 0.25) is 0 Å². The molecule has 2 aliphatic rings. The van der Waals surface area contributed by atoms with Crippen LogP contribution in [0.3, 0.4) is 0 Å². The molecule has 0 spiro atoms. The molecule has 2 N–H and O–H groups in total. The standard InChI is InChI=1S/C11H20N2O2S/c1-11(2,3)15-10(14)13-4-8(12)7-5-16-6-9(7)13/h7-9H,4-6,12H2,1-3H3. The second kappa shape index (κ2) is 4.11. The number of rotatable bonds is 0. The fourth-order valence-electron chi connectivity index (χ4n) is 2.32. The van der Waals surface area contributed by atoms with E-state index < -0.39 is 5.60 Å². The zero-order chi connectivity index (χ0) is 11.9. The number of hydrogen-bond acceptors (Lipinski definition) is 4. The lowest BCUT2D eigenvalue weighted by molar-refractivity contribution is 0.0232. The first-order valence-electron chi connectivity index (χ1n) is 5.71. The van der Waals surface area contributed by atoms with E-state index in [9.17, 15) is 4.79 Å². The number of nitrogens with zero attached hydrogens (tertiary/aromatic N) is 1. The molecule has 2 rings (SSSR count). The van der Waals surface area contributed by atoms with E-state index in [0.29, 0.717) is 12.5 Å². The highest BCUT2D eigenvalue weighted by atomic mass is 32.2. The Morgan fingerprint density at radius 3 is 2.75 bits per heavy atom. The third-order valence-electron chi connectivity index (χ3n) is 3.08. The maximum atomic E-state index is 12.0. The Hall–Kier alpha value is -0.420. The van der Waals surface area contributed by atoms with Gasteiger partial charge in [0.1, 0.15) is 5.60 Å². The van der Waals surface area contributed by atoms with E-state index in [-0.39, 0.29) is 18.2 Å². The summed E-state index contributed by atoms with van der Waals surface area (Å²) in [5.74, 6) is 2.53. The third-order valence-corrected chi connectivity index (χ3v) is 4.28. The summed E-state index contributed by atoms with van der Waals surface area (Å²) in [6.07, 6.45) is -0.210. The minimum atomic E-state index is -0.426. The lowest BCUT2D eigenvalue weighted by atomic mass is 10.0. The molecule has 16 heavy (non-hydrogen) atoms. The summed E-state index contributed by atoms with van der Waals surface area (Å²) in [5, 5.41) is 0. The fraction of sp³-hybridized carbons (Fsp3) is 0.909. The first-order valence-corrected chi connectivity index (χ1v) is 6.87. The van der Waals surface area contributed by atoms with Crippen LogP contribution in [0.5, 0.6) is 0 Å². The molecule has 0 saturated carbocycles. The number of carbonyl (C=O) groups excluding carboxylic acids is 1. The molecule has 0 aromatic carbocycles. The highest BCUT2D eigenvalue weighted by Gasteiger charge is 2.46. The summed E-state index contributed by atoms with van der Waals surface area (Å²) in [4.78, 5) is 13.8. The van der Waals surface area contributed by atoms with Crippen LogP contribution in [-0.2, 0) is 4.74 Å². The molecule has 4 nitrogen and oxygen atoms in total. The van der Waals surface area contributed by atoms with E-state index in [4.69, 9.17) is 10.5 Å². The summed E-state index contributed by atoms with van der Waals surface area (Å²) >= 11 is 1.88. The average molecular weight is 244 g/mol. The largest absolute Gasteiger partial charge is 0.444 e. The molecule has 3 unspecified atom stereocenters. The van der Waals surface area contributed by atoms with Gasteiger partial charge in [-0.2, -0.15) is 11.8 Å². The molecule has 1 amide bonds. The van der Waals surface area contributed by atoms with E-state index in [0.717, 1.165) is 11.5 Å². The van der Waals surface area contributed by atoms with Crippen LogP contribution in [0, 0.1) is 5.92 Å². The molecule has 5 heteroatoms. The van der Waals surface area contributed by atoms with Gasteiger partial charge in [0.05, 0.1) is 0 Å². The normalized spacial score (nSPS) is 34.0. The molecule has 0 bridgehead atoms. The predicted molar refractivity (Wildman–Crippen MR) is 65.5 cm³/mol. The van der Waals surface area contributed by atoms with E-state index in [1.807, 2.05) is 37.4 Å². The summed E-state index contributed by atoms with van der Waals surface area (Å²) < 4.78 is 5.40. The molecule has 0 aromatic rings. The van der Waals surface area contributed by atoms with Gasteiger partial charge < -0.3 is 15.4 Å². The lowest BCUT2D eigenvalue weighted by Gasteiger charge is -2.27. The zero-order valence-electron chi connectivity index (χ0n) is 10.1. The van der Waals surface area contributed by atoms with Gasteiger partial charge in [-0.05, 0) is 26.5 Å². The maximum Gasteiger partial charge on any atom is 0.410 e. The summed E-state index contributed by atoms with van der Waals surface area (Å²) in [7, 11) is 0. The Morgan fingerprint density at radius 2 is 2.12 bits per heavy atom. The number of thioether (sulfide) groups is 1. The van der Waals surface area contributed by atoms with Crippen molar-refractivity contribution in [1.82, 2.24) is 4.90 Å². The Balaban J connectivity index is 2.02. The van der Waals surface area contributed by atoms with Crippen LogP contribution in [0.25, 0.3) is 0 Å². The highest BCUT2D eigenvalue weighted by molar-refractivity contribution is 7.99. The number of amides is 1. The van der Waals surface area contributed by atoms with Crippen molar-refractivity contribution in [3.8, 4) is 0 Å². The van der Waals surface area contributed by atoms with Crippen molar-refractivity contribution >= 4 is 17.9 Å². The molecule has 92 valence electrons. The van der Waals surface area contributed by atoms with Gasteiger partial charge >= 0.3 is 6.09 Å². The molecule has 2 saturated heterocycles. The molecule has 0 radical (unpaired) electrons. The van der Waals surface area contributed by atoms with Crippen LogP contribution in [0.15, 0.2) is 0 Å². The molecule has 2 heterocycles. The number of carbonyl (C=O) groups is 1. The first-order chi connectivity index (χ1) is 7.38. The van der Waals surface area contributed by atoms with E-state index in [2.05, 4.69) is 0 Å². The van der Waals surface area contributed by atoms with Crippen LogP contribution >= 0.6 is 11.8 Å². The SMILES string of the molecule is CC(C)(C)OC(=O)N1CC(N)C2CSCC21. The van der Waals surface area contributed by atoms with Crippen LogP contribution in [0.1, 0.15) is 20.8 Å². The third kappa shape index (κ3) is 2.30. The fourth-order valence-corrected chi connectivity index (χ4v) is 3.86. The van der Waals surface area contributed by atoms with Gasteiger partial charge in [0.15, 0.2) is 0 Å².